The van der Waals surface area contributed by atoms with Crippen LogP contribution < -0.4 is 5.73 Å². The van der Waals surface area contributed by atoms with E-state index in [9.17, 15) is 4.39 Å². The fourth-order valence-corrected chi connectivity index (χ4v) is 2.44. The molecule has 1 atom stereocenters. The minimum absolute atomic E-state index is 0.127. The smallest absolute Gasteiger partial charge is 0.142 e. The molecule has 0 fully saturated rings. The molecule has 100 valence electrons. The van der Waals surface area contributed by atoms with Gasteiger partial charge >= 0.3 is 0 Å². The van der Waals surface area contributed by atoms with E-state index in [1.54, 1.807) is 12.1 Å². The van der Waals surface area contributed by atoms with Crippen molar-refractivity contribution in [3.63, 3.8) is 0 Å². The SMILES string of the molecule is NC(Cc1cccc(Cl)c1)Cc1cccc(F)c1Cl. The van der Waals surface area contributed by atoms with Crippen LogP contribution in [0.25, 0.3) is 0 Å². The molecule has 4 heteroatoms. The number of benzene rings is 2. The quantitative estimate of drug-likeness (QED) is 0.897. The van der Waals surface area contributed by atoms with E-state index in [-0.39, 0.29) is 11.1 Å². The van der Waals surface area contributed by atoms with E-state index in [0.717, 1.165) is 11.1 Å². The molecule has 0 saturated carbocycles. The summed E-state index contributed by atoms with van der Waals surface area (Å²) in [4.78, 5) is 0. The third-order valence-corrected chi connectivity index (χ3v) is 3.56. The van der Waals surface area contributed by atoms with Crippen molar-refractivity contribution in [2.75, 3.05) is 0 Å². The lowest BCUT2D eigenvalue weighted by Gasteiger charge is -2.13. The van der Waals surface area contributed by atoms with Crippen LogP contribution in [0.1, 0.15) is 11.1 Å². The van der Waals surface area contributed by atoms with E-state index in [4.69, 9.17) is 28.9 Å². The van der Waals surface area contributed by atoms with E-state index in [1.807, 2.05) is 24.3 Å². The maximum atomic E-state index is 13.3. The van der Waals surface area contributed by atoms with Gasteiger partial charge in [0.2, 0.25) is 0 Å². The molecule has 2 N–H and O–H groups in total. The molecule has 0 aromatic heterocycles. The lowest BCUT2D eigenvalue weighted by molar-refractivity contribution is 0.618. The first-order valence-corrected chi connectivity index (χ1v) is 6.75. The van der Waals surface area contributed by atoms with E-state index < -0.39 is 5.82 Å². The minimum atomic E-state index is -0.408. The maximum Gasteiger partial charge on any atom is 0.142 e. The third kappa shape index (κ3) is 3.93. The van der Waals surface area contributed by atoms with Gasteiger partial charge < -0.3 is 5.73 Å². The summed E-state index contributed by atoms with van der Waals surface area (Å²) in [6.45, 7) is 0. The normalized spacial score (nSPS) is 12.4. The Morgan fingerprint density at radius 1 is 1.05 bits per heavy atom. The van der Waals surface area contributed by atoms with Crippen LogP contribution in [-0.4, -0.2) is 6.04 Å². The Labute approximate surface area is 122 Å². The molecule has 0 radical (unpaired) electrons. The molecule has 0 spiro atoms. The highest BCUT2D eigenvalue weighted by Crippen LogP contribution is 2.21. The van der Waals surface area contributed by atoms with Crippen molar-refractivity contribution in [2.45, 2.75) is 18.9 Å². The molecule has 0 amide bonds. The van der Waals surface area contributed by atoms with Gasteiger partial charge in [0.15, 0.2) is 0 Å². The summed E-state index contributed by atoms with van der Waals surface area (Å²) in [5, 5.41) is 0.845. The number of nitrogens with two attached hydrogens (primary N) is 1. The molecule has 19 heavy (non-hydrogen) atoms. The van der Waals surface area contributed by atoms with Gasteiger partial charge in [0.25, 0.3) is 0 Å². The molecule has 0 aliphatic carbocycles. The van der Waals surface area contributed by atoms with Gasteiger partial charge in [0.05, 0.1) is 5.02 Å². The summed E-state index contributed by atoms with van der Waals surface area (Å²) < 4.78 is 13.3. The van der Waals surface area contributed by atoms with E-state index in [0.29, 0.717) is 17.9 Å². The number of hydrogen-bond donors (Lipinski definition) is 1. The maximum absolute atomic E-state index is 13.3. The molecule has 1 nitrogen and oxygen atoms in total. The van der Waals surface area contributed by atoms with Crippen LogP contribution in [0.4, 0.5) is 4.39 Å². The molecule has 0 aliphatic heterocycles. The van der Waals surface area contributed by atoms with Gasteiger partial charge in [-0.3, -0.25) is 0 Å². The van der Waals surface area contributed by atoms with E-state index >= 15 is 0 Å². The standard InChI is InChI=1S/C15H14Cl2FN/c16-12-5-1-3-10(7-12)8-13(19)9-11-4-2-6-14(18)15(11)17/h1-7,13H,8-9,19H2. The van der Waals surface area contributed by atoms with Gasteiger partial charge in [0, 0.05) is 11.1 Å². The van der Waals surface area contributed by atoms with Crippen LogP contribution in [0, 0.1) is 5.82 Å². The largest absolute Gasteiger partial charge is 0.327 e. The van der Waals surface area contributed by atoms with Crippen molar-refractivity contribution in [2.24, 2.45) is 5.73 Å². The summed E-state index contributed by atoms with van der Waals surface area (Å²) in [5.74, 6) is -0.408. The number of rotatable bonds is 4. The van der Waals surface area contributed by atoms with Crippen molar-refractivity contribution in [1.29, 1.82) is 0 Å². The first-order valence-electron chi connectivity index (χ1n) is 5.99. The van der Waals surface area contributed by atoms with Gasteiger partial charge in [-0.15, -0.1) is 0 Å². The highest BCUT2D eigenvalue weighted by atomic mass is 35.5. The lowest BCUT2D eigenvalue weighted by atomic mass is 10.00. The van der Waals surface area contributed by atoms with E-state index in [1.165, 1.54) is 6.07 Å². The zero-order valence-electron chi connectivity index (χ0n) is 10.2. The molecule has 2 rings (SSSR count). The van der Waals surface area contributed by atoms with Crippen LogP contribution in [-0.2, 0) is 12.8 Å². The first kappa shape index (κ1) is 14.3. The summed E-state index contributed by atoms with van der Waals surface area (Å²) in [6.07, 6.45) is 1.20. The highest BCUT2D eigenvalue weighted by Gasteiger charge is 2.11. The average molecular weight is 298 g/mol. The van der Waals surface area contributed by atoms with Gasteiger partial charge in [0.1, 0.15) is 5.82 Å². The van der Waals surface area contributed by atoms with Crippen molar-refractivity contribution >= 4 is 23.2 Å². The fraction of sp³-hybridized carbons (Fsp3) is 0.200. The van der Waals surface area contributed by atoms with Crippen LogP contribution in [0.2, 0.25) is 10.0 Å². The molecule has 0 heterocycles. The Morgan fingerprint density at radius 2 is 1.79 bits per heavy atom. The minimum Gasteiger partial charge on any atom is -0.327 e. The van der Waals surface area contributed by atoms with Crippen molar-refractivity contribution < 1.29 is 4.39 Å². The molecule has 0 bridgehead atoms. The first-order chi connectivity index (χ1) is 9.06. The van der Waals surface area contributed by atoms with Gasteiger partial charge in [-0.05, 0) is 42.2 Å². The second-order valence-corrected chi connectivity index (χ2v) is 5.33. The molecule has 2 aromatic rings. The molecular formula is C15H14Cl2FN. The Balaban J connectivity index is 2.05. The molecule has 1 unspecified atom stereocenters. The average Bonchev–Trinajstić information content (AvgIpc) is 2.35. The number of halogens is 3. The molecule has 0 aliphatic rings. The third-order valence-electron chi connectivity index (χ3n) is 2.90. The van der Waals surface area contributed by atoms with Gasteiger partial charge in [-0.2, -0.15) is 0 Å². The monoisotopic (exact) mass is 297 g/mol. The fourth-order valence-electron chi connectivity index (χ4n) is 2.03. The Morgan fingerprint density at radius 3 is 2.53 bits per heavy atom. The number of hydrogen-bond acceptors (Lipinski definition) is 1. The van der Waals surface area contributed by atoms with Gasteiger partial charge in [-0.1, -0.05) is 47.5 Å². The van der Waals surface area contributed by atoms with Crippen LogP contribution >= 0.6 is 23.2 Å². The van der Waals surface area contributed by atoms with Crippen LogP contribution in [0.5, 0.6) is 0 Å². The van der Waals surface area contributed by atoms with Crippen molar-refractivity contribution in [3.8, 4) is 0 Å². The van der Waals surface area contributed by atoms with E-state index in [2.05, 4.69) is 0 Å². The molecule has 0 saturated heterocycles. The molecular weight excluding hydrogens is 284 g/mol. The Kier molecular flexibility index (Phi) is 4.81. The molecule has 2 aromatic carbocycles. The summed E-state index contributed by atoms with van der Waals surface area (Å²) in [7, 11) is 0. The zero-order valence-corrected chi connectivity index (χ0v) is 11.8. The van der Waals surface area contributed by atoms with Crippen LogP contribution in [0.15, 0.2) is 42.5 Å². The summed E-state index contributed by atoms with van der Waals surface area (Å²) in [5.41, 5.74) is 7.88. The van der Waals surface area contributed by atoms with Gasteiger partial charge in [-0.25, -0.2) is 4.39 Å². The second kappa shape index (κ2) is 6.38. The summed E-state index contributed by atoms with van der Waals surface area (Å²) in [6, 6.07) is 12.2. The predicted octanol–water partition coefficient (Wildman–Crippen LogP) is 4.25. The zero-order chi connectivity index (χ0) is 13.8. The highest BCUT2D eigenvalue weighted by molar-refractivity contribution is 6.31. The predicted molar refractivity (Wildman–Crippen MR) is 78.2 cm³/mol. The topological polar surface area (TPSA) is 26.0 Å². The Bertz CT molecular complexity index is 572. The van der Waals surface area contributed by atoms with Crippen molar-refractivity contribution in [3.05, 3.63) is 69.5 Å². The lowest BCUT2D eigenvalue weighted by Crippen LogP contribution is -2.25. The Hall–Kier alpha value is -1.09. The summed E-state index contributed by atoms with van der Waals surface area (Å²) >= 11 is 11.8. The van der Waals surface area contributed by atoms with Crippen LogP contribution in [0.3, 0.4) is 0 Å². The van der Waals surface area contributed by atoms with Crippen molar-refractivity contribution in [1.82, 2.24) is 0 Å². The second-order valence-electron chi connectivity index (χ2n) is 4.51.